The normalized spacial score (nSPS) is 15.9. The maximum Gasteiger partial charge on any atom is 0.326 e. The van der Waals surface area contributed by atoms with Crippen LogP contribution >= 0.6 is 34.5 Å². The van der Waals surface area contributed by atoms with Crippen molar-refractivity contribution in [1.29, 1.82) is 0 Å². The number of nitrogens with zero attached hydrogens (tertiary/aromatic N) is 1. The number of halogens is 2. The van der Waals surface area contributed by atoms with Gasteiger partial charge in [-0.25, -0.2) is 13.2 Å². The highest BCUT2D eigenvalue weighted by molar-refractivity contribution is 7.91. The minimum atomic E-state index is -3.44. The molecule has 11 heteroatoms. The van der Waals surface area contributed by atoms with E-state index in [2.05, 4.69) is 5.32 Å². The zero-order valence-electron chi connectivity index (χ0n) is 19.1. The first-order valence-corrected chi connectivity index (χ1v) is 14.3. The molecule has 0 unspecified atom stereocenters. The molecule has 3 aromatic rings. The molecular formula is C25H24Cl2N2O5S2. The molecule has 1 saturated heterocycles. The van der Waals surface area contributed by atoms with Crippen molar-refractivity contribution in [2.24, 2.45) is 0 Å². The van der Waals surface area contributed by atoms with E-state index in [1.807, 2.05) is 24.3 Å². The number of benzene rings is 2. The number of nitrogens with one attached hydrogen (secondary N) is 1. The number of rotatable bonds is 8. The maximum atomic E-state index is 12.7. The highest BCUT2D eigenvalue weighted by Gasteiger charge is 2.30. The van der Waals surface area contributed by atoms with Crippen molar-refractivity contribution in [3.63, 3.8) is 0 Å². The van der Waals surface area contributed by atoms with E-state index in [-0.39, 0.29) is 27.9 Å². The van der Waals surface area contributed by atoms with Crippen molar-refractivity contribution < 1.29 is 23.1 Å². The second kappa shape index (κ2) is 11.3. The van der Waals surface area contributed by atoms with E-state index in [0.29, 0.717) is 30.1 Å². The van der Waals surface area contributed by atoms with Crippen molar-refractivity contribution >= 4 is 56.4 Å². The Morgan fingerprint density at radius 3 is 2.22 bits per heavy atom. The maximum absolute atomic E-state index is 12.7. The van der Waals surface area contributed by atoms with Gasteiger partial charge in [0, 0.05) is 19.5 Å². The van der Waals surface area contributed by atoms with Gasteiger partial charge in [0.15, 0.2) is 0 Å². The van der Waals surface area contributed by atoms with Crippen LogP contribution in [0.2, 0.25) is 10.0 Å². The highest BCUT2D eigenvalue weighted by atomic mass is 35.5. The largest absolute Gasteiger partial charge is 0.480 e. The number of thiophene rings is 1. The molecule has 0 spiro atoms. The van der Waals surface area contributed by atoms with Crippen molar-refractivity contribution in [3.8, 4) is 0 Å². The van der Waals surface area contributed by atoms with Crippen molar-refractivity contribution in [2.45, 2.75) is 35.4 Å². The standard InChI is InChI=1S/C25H24Cl2N2O5S2/c26-19-3-1-4-20(27)23(19)24(30)28-21(25(31)32)15-16-6-8-17(9-7-16)18-10-12-29(13-11-18)36(33,34)22-5-2-14-35-22/h1-9,14,18,21H,10-13,15H2,(H,28,30)(H,31,32)/t21-/m0/s1. The predicted molar refractivity (Wildman–Crippen MR) is 141 cm³/mol. The van der Waals surface area contributed by atoms with Crippen LogP contribution in [0.4, 0.5) is 0 Å². The van der Waals surface area contributed by atoms with Gasteiger partial charge >= 0.3 is 5.97 Å². The Morgan fingerprint density at radius 1 is 1.03 bits per heavy atom. The van der Waals surface area contributed by atoms with Crippen molar-refractivity contribution in [1.82, 2.24) is 9.62 Å². The molecule has 1 aliphatic heterocycles. The summed E-state index contributed by atoms with van der Waals surface area (Å²) in [5.74, 6) is -1.61. The number of carboxylic acids is 1. The molecule has 1 atom stereocenters. The third kappa shape index (κ3) is 5.92. The quantitative estimate of drug-likeness (QED) is 0.397. The van der Waals surface area contributed by atoms with Gasteiger partial charge in [0.25, 0.3) is 15.9 Å². The Bertz CT molecular complexity index is 1320. The molecule has 2 aromatic carbocycles. The Labute approximate surface area is 223 Å². The van der Waals surface area contributed by atoms with Crippen LogP contribution < -0.4 is 5.32 Å². The van der Waals surface area contributed by atoms with Gasteiger partial charge in [0.05, 0.1) is 15.6 Å². The number of carboxylic acid groups (broad SMARTS) is 1. The molecular weight excluding hydrogens is 543 g/mol. The van der Waals surface area contributed by atoms with Crippen LogP contribution in [0.3, 0.4) is 0 Å². The van der Waals surface area contributed by atoms with E-state index in [9.17, 15) is 23.1 Å². The summed E-state index contributed by atoms with van der Waals surface area (Å²) >= 11 is 13.4. The second-order valence-corrected chi connectivity index (χ2v) is 12.4. The third-order valence-electron chi connectivity index (χ3n) is 6.23. The zero-order chi connectivity index (χ0) is 25.9. The van der Waals surface area contributed by atoms with Crippen LogP contribution in [0.1, 0.15) is 40.2 Å². The molecule has 0 saturated carbocycles. The molecule has 1 aliphatic rings. The summed E-state index contributed by atoms with van der Waals surface area (Å²) in [5.41, 5.74) is 1.86. The van der Waals surface area contributed by atoms with Crippen LogP contribution in [-0.4, -0.2) is 48.8 Å². The Morgan fingerprint density at radius 2 is 1.67 bits per heavy atom. The van der Waals surface area contributed by atoms with Gasteiger partial charge in [0.1, 0.15) is 10.3 Å². The van der Waals surface area contributed by atoms with E-state index >= 15 is 0 Å². The van der Waals surface area contributed by atoms with E-state index in [4.69, 9.17) is 23.2 Å². The minimum absolute atomic E-state index is 0.0369. The van der Waals surface area contributed by atoms with Crippen LogP contribution in [0, 0.1) is 0 Å². The second-order valence-electron chi connectivity index (χ2n) is 8.52. The van der Waals surface area contributed by atoms with Gasteiger partial charge in [-0.2, -0.15) is 4.31 Å². The predicted octanol–water partition coefficient (Wildman–Crippen LogP) is 5.05. The van der Waals surface area contributed by atoms with Gasteiger partial charge < -0.3 is 10.4 Å². The lowest BCUT2D eigenvalue weighted by Gasteiger charge is -2.31. The van der Waals surface area contributed by atoms with E-state index in [1.54, 1.807) is 23.6 Å². The fraction of sp³-hybridized carbons (Fsp3) is 0.280. The number of sulfonamides is 1. The van der Waals surface area contributed by atoms with Gasteiger partial charge in [0.2, 0.25) is 0 Å². The van der Waals surface area contributed by atoms with Crippen LogP contribution in [0.25, 0.3) is 0 Å². The number of carbonyl (C=O) groups is 2. The van der Waals surface area contributed by atoms with Gasteiger partial charge in [-0.3, -0.25) is 4.79 Å². The Hall–Kier alpha value is -2.43. The summed E-state index contributed by atoms with van der Waals surface area (Å²) in [6.07, 6.45) is 1.49. The zero-order valence-corrected chi connectivity index (χ0v) is 22.2. The summed E-state index contributed by atoms with van der Waals surface area (Å²) in [6, 6.07) is 14.4. The molecule has 1 amide bonds. The minimum Gasteiger partial charge on any atom is -0.480 e. The van der Waals surface area contributed by atoms with Crippen LogP contribution in [0.5, 0.6) is 0 Å². The van der Waals surface area contributed by atoms with Gasteiger partial charge in [-0.15, -0.1) is 11.3 Å². The molecule has 1 fully saturated rings. The molecule has 0 aliphatic carbocycles. The highest BCUT2D eigenvalue weighted by Crippen LogP contribution is 2.32. The number of amides is 1. The molecule has 0 radical (unpaired) electrons. The van der Waals surface area contributed by atoms with Gasteiger partial charge in [-0.1, -0.05) is 59.6 Å². The fourth-order valence-corrected chi connectivity index (χ4v) is 7.46. The lowest BCUT2D eigenvalue weighted by molar-refractivity contribution is -0.139. The third-order valence-corrected chi connectivity index (χ3v) is 10.1. The monoisotopic (exact) mass is 566 g/mol. The number of hydrogen-bond acceptors (Lipinski definition) is 5. The number of piperidine rings is 1. The van der Waals surface area contributed by atoms with Crippen LogP contribution in [0.15, 0.2) is 64.2 Å². The van der Waals surface area contributed by atoms with Gasteiger partial charge in [-0.05, 0) is 53.5 Å². The summed E-state index contributed by atoms with van der Waals surface area (Å²) in [5, 5.41) is 14.2. The molecule has 4 rings (SSSR count). The molecule has 0 bridgehead atoms. The summed E-state index contributed by atoms with van der Waals surface area (Å²) in [6.45, 7) is 0.898. The van der Waals surface area contributed by atoms with E-state index < -0.39 is 27.9 Å². The molecule has 1 aromatic heterocycles. The first kappa shape index (κ1) is 26.6. The SMILES string of the molecule is O=C(N[C@@H](Cc1ccc(C2CCN(S(=O)(=O)c3cccs3)CC2)cc1)C(=O)O)c1c(Cl)cccc1Cl. The summed E-state index contributed by atoms with van der Waals surface area (Å²) < 4.78 is 27.4. The lowest BCUT2D eigenvalue weighted by atomic mass is 9.89. The first-order valence-electron chi connectivity index (χ1n) is 11.3. The molecule has 190 valence electrons. The summed E-state index contributed by atoms with van der Waals surface area (Å²) in [4.78, 5) is 24.5. The average molecular weight is 568 g/mol. The Balaban J connectivity index is 1.38. The van der Waals surface area contributed by atoms with E-state index in [0.717, 1.165) is 11.1 Å². The molecule has 2 heterocycles. The summed E-state index contributed by atoms with van der Waals surface area (Å²) in [7, 11) is -3.44. The molecule has 36 heavy (non-hydrogen) atoms. The van der Waals surface area contributed by atoms with Crippen LogP contribution in [-0.2, 0) is 21.2 Å². The number of hydrogen-bond donors (Lipinski definition) is 2. The molecule has 2 N–H and O–H groups in total. The molecule has 7 nitrogen and oxygen atoms in total. The first-order chi connectivity index (χ1) is 17.2. The van der Waals surface area contributed by atoms with Crippen molar-refractivity contribution in [3.05, 3.63) is 86.7 Å². The smallest absolute Gasteiger partial charge is 0.326 e. The topological polar surface area (TPSA) is 104 Å². The average Bonchev–Trinajstić information content (AvgIpc) is 3.40. The number of carbonyl (C=O) groups excluding carboxylic acids is 1. The lowest BCUT2D eigenvalue weighted by Crippen LogP contribution is -2.42. The Kier molecular flexibility index (Phi) is 8.37. The van der Waals surface area contributed by atoms with Crippen molar-refractivity contribution in [2.75, 3.05) is 13.1 Å². The van der Waals surface area contributed by atoms with E-state index in [1.165, 1.54) is 27.8 Å². The fourth-order valence-electron chi connectivity index (χ4n) is 4.27. The number of aliphatic carboxylic acids is 1.